The molecule has 1 rings (SSSR count). The highest BCUT2D eigenvalue weighted by Crippen LogP contribution is 2.02. The molecule has 0 aliphatic heterocycles. The van der Waals surface area contributed by atoms with Crippen LogP contribution in [0.2, 0.25) is 0 Å². The van der Waals surface area contributed by atoms with E-state index in [1.165, 1.54) is 6.08 Å². The normalized spacial score (nSPS) is 14.2. The van der Waals surface area contributed by atoms with E-state index in [1.807, 2.05) is 25.2 Å². The largest absolute Gasteiger partial charge is 0.458 e. The zero-order chi connectivity index (χ0) is 10.2. The quantitative estimate of drug-likeness (QED) is 0.293. The SMILES string of the molecule is C/C=C/COC(=O)/C=C/C1=C=CC=C1. The van der Waals surface area contributed by atoms with Crippen LogP contribution in [0.3, 0.4) is 0 Å². The van der Waals surface area contributed by atoms with Crippen LogP contribution >= 0.6 is 0 Å². The molecule has 0 fully saturated rings. The Bertz CT molecular complexity index is 351. The van der Waals surface area contributed by atoms with Gasteiger partial charge in [-0.1, -0.05) is 18.2 Å². The summed E-state index contributed by atoms with van der Waals surface area (Å²) in [6, 6.07) is 0. The van der Waals surface area contributed by atoms with Gasteiger partial charge in [-0.05, 0) is 25.2 Å². The van der Waals surface area contributed by atoms with Crippen molar-refractivity contribution in [3.63, 3.8) is 0 Å². The van der Waals surface area contributed by atoms with Crippen LogP contribution in [-0.2, 0) is 9.53 Å². The average molecular weight is 188 g/mol. The molecule has 0 saturated heterocycles. The molecule has 0 aromatic heterocycles. The second-order valence-electron chi connectivity index (χ2n) is 2.66. The van der Waals surface area contributed by atoms with E-state index in [0.717, 1.165) is 5.57 Å². The molecule has 72 valence electrons. The van der Waals surface area contributed by atoms with E-state index in [4.69, 9.17) is 4.74 Å². The molecule has 0 saturated carbocycles. The first-order valence-corrected chi connectivity index (χ1v) is 4.42. The fourth-order valence-corrected chi connectivity index (χ4v) is 0.880. The van der Waals surface area contributed by atoms with Gasteiger partial charge in [0.1, 0.15) is 6.61 Å². The van der Waals surface area contributed by atoms with Gasteiger partial charge in [-0.25, -0.2) is 4.79 Å². The third-order valence-corrected chi connectivity index (χ3v) is 1.58. The van der Waals surface area contributed by atoms with E-state index in [2.05, 4.69) is 5.73 Å². The number of allylic oxidation sites excluding steroid dienone is 5. The molecule has 0 unspecified atom stereocenters. The van der Waals surface area contributed by atoms with E-state index in [1.54, 1.807) is 18.2 Å². The highest BCUT2D eigenvalue weighted by Gasteiger charge is 1.94. The van der Waals surface area contributed by atoms with Crippen molar-refractivity contribution in [1.29, 1.82) is 0 Å². The molecular weight excluding hydrogens is 176 g/mol. The Kier molecular flexibility index (Phi) is 4.25. The summed E-state index contributed by atoms with van der Waals surface area (Å²) in [6.07, 6.45) is 12.2. The molecule has 0 aromatic carbocycles. The zero-order valence-corrected chi connectivity index (χ0v) is 8.07. The smallest absolute Gasteiger partial charge is 0.331 e. The van der Waals surface area contributed by atoms with Crippen LogP contribution in [0, 0.1) is 0 Å². The predicted octanol–water partition coefficient (Wildman–Crippen LogP) is 2.31. The maximum absolute atomic E-state index is 11.1. The standard InChI is InChI=1S/C12H12O2/c1-2-3-10-14-12(13)9-8-11-6-4-5-7-11/h2-6,8-9H,10H2,1H3/b3-2+,9-8+. The zero-order valence-electron chi connectivity index (χ0n) is 8.07. The molecule has 0 N–H and O–H groups in total. The molecule has 0 heterocycles. The number of hydrogen-bond donors (Lipinski definition) is 0. The van der Waals surface area contributed by atoms with Crippen molar-refractivity contribution in [3.05, 3.63) is 53.8 Å². The monoisotopic (exact) mass is 188 g/mol. The number of carbonyl (C=O) groups excluding carboxylic acids is 1. The summed E-state index contributed by atoms with van der Waals surface area (Å²) in [5.41, 5.74) is 3.83. The van der Waals surface area contributed by atoms with Crippen LogP contribution < -0.4 is 0 Å². The Hall–Kier alpha value is -1.79. The lowest BCUT2D eigenvalue weighted by Gasteiger charge is -1.94. The van der Waals surface area contributed by atoms with Gasteiger partial charge in [-0.3, -0.25) is 0 Å². The van der Waals surface area contributed by atoms with Crippen LogP contribution in [0.5, 0.6) is 0 Å². The molecule has 0 radical (unpaired) electrons. The maximum Gasteiger partial charge on any atom is 0.331 e. The topological polar surface area (TPSA) is 26.3 Å². The summed E-state index contributed by atoms with van der Waals surface area (Å²) in [6.45, 7) is 2.20. The first kappa shape index (κ1) is 10.3. The molecule has 0 atom stereocenters. The minimum Gasteiger partial charge on any atom is -0.458 e. The van der Waals surface area contributed by atoms with Crippen molar-refractivity contribution in [2.45, 2.75) is 6.92 Å². The molecule has 1 aliphatic rings. The molecule has 2 heteroatoms. The first-order valence-electron chi connectivity index (χ1n) is 4.42. The summed E-state index contributed by atoms with van der Waals surface area (Å²) in [5, 5.41) is 0. The van der Waals surface area contributed by atoms with Gasteiger partial charge in [0.05, 0.1) is 0 Å². The Morgan fingerprint density at radius 3 is 3.14 bits per heavy atom. The Morgan fingerprint density at radius 1 is 1.64 bits per heavy atom. The maximum atomic E-state index is 11.1. The fourth-order valence-electron chi connectivity index (χ4n) is 0.880. The van der Waals surface area contributed by atoms with Crippen LogP contribution in [0.15, 0.2) is 53.8 Å². The van der Waals surface area contributed by atoms with Crippen molar-refractivity contribution in [2.75, 3.05) is 6.61 Å². The summed E-state index contributed by atoms with van der Waals surface area (Å²) >= 11 is 0. The lowest BCUT2D eigenvalue weighted by Crippen LogP contribution is -1.99. The molecule has 0 aromatic rings. The highest BCUT2D eigenvalue weighted by molar-refractivity contribution is 5.82. The number of ether oxygens (including phenoxy) is 1. The fraction of sp³-hybridized carbons (Fsp3) is 0.167. The molecule has 0 amide bonds. The molecule has 2 nitrogen and oxygen atoms in total. The van der Waals surface area contributed by atoms with E-state index in [0.29, 0.717) is 6.61 Å². The number of esters is 1. The Labute approximate surface area is 83.6 Å². The van der Waals surface area contributed by atoms with Crippen molar-refractivity contribution in [3.8, 4) is 0 Å². The van der Waals surface area contributed by atoms with Crippen LogP contribution in [-0.4, -0.2) is 12.6 Å². The van der Waals surface area contributed by atoms with Crippen molar-refractivity contribution < 1.29 is 9.53 Å². The molecular formula is C12H12O2. The first-order chi connectivity index (χ1) is 6.83. The minimum absolute atomic E-state index is 0.324. The third-order valence-electron chi connectivity index (χ3n) is 1.58. The summed E-state index contributed by atoms with van der Waals surface area (Å²) in [7, 11) is 0. The Balaban J connectivity index is 2.33. The second-order valence-corrected chi connectivity index (χ2v) is 2.66. The number of rotatable bonds is 4. The molecule has 14 heavy (non-hydrogen) atoms. The number of carbonyl (C=O) groups is 1. The van der Waals surface area contributed by atoms with Gasteiger partial charge >= 0.3 is 5.97 Å². The summed E-state index contributed by atoms with van der Waals surface area (Å²) in [5.74, 6) is -0.335. The van der Waals surface area contributed by atoms with E-state index in [9.17, 15) is 4.79 Å². The molecule has 0 bridgehead atoms. The van der Waals surface area contributed by atoms with Gasteiger partial charge in [0, 0.05) is 11.6 Å². The van der Waals surface area contributed by atoms with E-state index < -0.39 is 0 Å². The van der Waals surface area contributed by atoms with Crippen LogP contribution in [0.1, 0.15) is 6.92 Å². The van der Waals surface area contributed by atoms with Gasteiger partial charge in [0.25, 0.3) is 0 Å². The lowest BCUT2D eigenvalue weighted by atomic mass is 10.3. The average Bonchev–Trinajstić information content (AvgIpc) is 2.68. The van der Waals surface area contributed by atoms with Crippen LogP contribution in [0.4, 0.5) is 0 Å². The Morgan fingerprint density at radius 2 is 2.50 bits per heavy atom. The van der Waals surface area contributed by atoms with Gasteiger partial charge in [0.2, 0.25) is 0 Å². The van der Waals surface area contributed by atoms with Crippen LogP contribution in [0.25, 0.3) is 0 Å². The minimum atomic E-state index is -0.335. The third kappa shape index (κ3) is 3.74. The van der Waals surface area contributed by atoms with Crippen molar-refractivity contribution in [2.24, 2.45) is 0 Å². The number of hydrogen-bond acceptors (Lipinski definition) is 2. The van der Waals surface area contributed by atoms with E-state index in [-0.39, 0.29) is 5.97 Å². The van der Waals surface area contributed by atoms with Crippen molar-refractivity contribution in [1.82, 2.24) is 0 Å². The summed E-state index contributed by atoms with van der Waals surface area (Å²) in [4.78, 5) is 11.1. The van der Waals surface area contributed by atoms with E-state index >= 15 is 0 Å². The van der Waals surface area contributed by atoms with Crippen molar-refractivity contribution >= 4 is 5.97 Å². The molecule has 1 aliphatic carbocycles. The molecule has 0 spiro atoms. The lowest BCUT2D eigenvalue weighted by molar-refractivity contribution is -0.136. The summed E-state index contributed by atoms with van der Waals surface area (Å²) < 4.78 is 4.85. The predicted molar refractivity (Wildman–Crippen MR) is 55.6 cm³/mol. The van der Waals surface area contributed by atoms with Gasteiger partial charge in [0.15, 0.2) is 0 Å². The van der Waals surface area contributed by atoms with Gasteiger partial charge < -0.3 is 4.74 Å². The second kappa shape index (κ2) is 5.79. The highest BCUT2D eigenvalue weighted by atomic mass is 16.5. The van der Waals surface area contributed by atoms with Gasteiger partial charge in [-0.15, -0.1) is 5.73 Å². The van der Waals surface area contributed by atoms with Gasteiger partial charge in [-0.2, -0.15) is 0 Å².